The van der Waals surface area contributed by atoms with Crippen LogP contribution in [0.3, 0.4) is 0 Å². The maximum Gasteiger partial charge on any atom is 0.295 e. The molecule has 0 bridgehead atoms. The first-order valence-electron chi connectivity index (χ1n) is 14.9. The van der Waals surface area contributed by atoms with Crippen molar-refractivity contribution >= 4 is 17.4 Å². The highest BCUT2D eigenvalue weighted by molar-refractivity contribution is 6.46. The van der Waals surface area contributed by atoms with Gasteiger partial charge >= 0.3 is 0 Å². The minimum Gasteiger partial charge on any atom is -0.507 e. The highest BCUT2D eigenvalue weighted by Crippen LogP contribution is 2.42. The third-order valence-electron chi connectivity index (χ3n) is 7.40. The normalized spacial score (nSPS) is 16.4. The van der Waals surface area contributed by atoms with Crippen molar-refractivity contribution in [1.29, 1.82) is 0 Å². The molecule has 1 aliphatic heterocycles. The lowest BCUT2D eigenvalue weighted by molar-refractivity contribution is -0.140. The van der Waals surface area contributed by atoms with Gasteiger partial charge in [0, 0.05) is 12.1 Å². The lowest BCUT2D eigenvalue weighted by Crippen LogP contribution is -2.33. The maximum atomic E-state index is 13.5. The molecule has 1 atom stereocenters. The summed E-state index contributed by atoms with van der Waals surface area (Å²) < 4.78 is 17.4. The first kappa shape index (κ1) is 32.0. The van der Waals surface area contributed by atoms with Gasteiger partial charge in [-0.2, -0.15) is 0 Å². The second-order valence-electron chi connectivity index (χ2n) is 10.2. The summed E-state index contributed by atoms with van der Waals surface area (Å²) in [6.45, 7) is 12.5. The van der Waals surface area contributed by atoms with Crippen LogP contribution in [0.5, 0.6) is 17.2 Å². The molecule has 0 radical (unpaired) electrons. The number of carbonyl (C=O) groups excluding carboxylic acids is 2. The van der Waals surface area contributed by atoms with Crippen molar-refractivity contribution in [2.45, 2.75) is 65.8 Å². The van der Waals surface area contributed by atoms with Gasteiger partial charge in [-0.05, 0) is 68.7 Å². The van der Waals surface area contributed by atoms with E-state index in [0.717, 1.165) is 45.3 Å². The lowest BCUT2D eigenvalue weighted by Gasteiger charge is -2.27. The molecule has 1 N–H and O–H groups in total. The van der Waals surface area contributed by atoms with Crippen molar-refractivity contribution in [2.75, 3.05) is 46.5 Å². The fourth-order valence-corrected chi connectivity index (χ4v) is 5.08. The monoisotopic (exact) mass is 566 g/mol. The van der Waals surface area contributed by atoms with Gasteiger partial charge in [0.2, 0.25) is 0 Å². The molecule has 1 unspecified atom stereocenters. The van der Waals surface area contributed by atoms with Crippen LogP contribution in [0.25, 0.3) is 5.76 Å². The van der Waals surface area contributed by atoms with E-state index in [-0.39, 0.29) is 11.3 Å². The molecular formula is C33H46N2O6. The Morgan fingerprint density at radius 3 is 2.37 bits per heavy atom. The van der Waals surface area contributed by atoms with E-state index in [2.05, 4.69) is 25.7 Å². The second-order valence-corrected chi connectivity index (χ2v) is 10.2. The van der Waals surface area contributed by atoms with E-state index >= 15 is 0 Å². The number of ether oxygens (including phenoxy) is 3. The average molecular weight is 567 g/mol. The number of aliphatic hydroxyl groups excluding tert-OH is 1. The Bertz CT molecular complexity index is 1190. The van der Waals surface area contributed by atoms with E-state index < -0.39 is 17.7 Å². The number of methoxy groups -OCH3 is 1. The smallest absolute Gasteiger partial charge is 0.295 e. The molecule has 0 spiro atoms. The molecule has 3 rings (SSSR count). The molecule has 8 nitrogen and oxygen atoms in total. The van der Waals surface area contributed by atoms with Crippen molar-refractivity contribution < 1.29 is 28.9 Å². The third kappa shape index (κ3) is 8.03. The molecule has 0 saturated carbocycles. The largest absolute Gasteiger partial charge is 0.507 e. The summed E-state index contributed by atoms with van der Waals surface area (Å²) in [6.07, 6.45) is 4.65. The number of hydrogen-bond donors (Lipinski definition) is 1. The first-order chi connectivity index (χ1) is 19.9. The number of aliphatic hydroxyl groups is 1. The second kappa shape index (κ2) is 16.1. The summed E-state index contributed by atoms with van der Waals surface area (Å²) in [4.78, 5) is 30.8. The molecule has 1 saturated heterocycles. The van der Waals surface area contributed by atoms with Crippen LogP contribution in [0.15, 0.2) is 48.0 Å². The number of Topliss-reactive ketones (excluding diaryl/α,β-unsaturated/α-hetero) is 1. The predicted octanol–water partition coefficient (Wildman–Crippen LogP) is 6.21. The van der Waals surface area contributed by atoms with Gasteiger partial charge in [0.05, 0.1) is 31.9 Å². The van der Waals surface area contributed by atoms with Crippen molar-refractivity contribution in [3.63, 3.8) is 0 Å². The van der Waals surface area contributed by atoms with Crippen molar-refractivity contribution in [2.24, 2.45) is 0 Å². The van der Waals surface area contributed by atoms with Crippen LogP contribution in [0, 0.1) is 0 Å². The Balaban J connectivity index is 2.04. The fraction of sp³-hybridized carbons (Fsp3) is 0.515. The van der Waals surface area contributed by atoms with Gasteiger partial charge in [-0.3, -0.25) is 9.59 Å². The van der Waals surface area contributed by atoms with Crippen LogP contribution >= 0.6 is 0 Å². The highest BCUT2D eigenvalue weighted by Gasteiger charge is 2.46. The van der Waals surface area contributed by atoms with Crippen LogP contribution in [-0.4, -0.2) is 73.1 Å². The number of rotatable bonds is 17. The Labute approximate surface area is 244 Å². The van der Waals surface area contributed by atoms with E-state index in [4.69, 9.17) is 14.2 Å². The molecule has 1 fully saturated rings. The van der Waals surface area contributed by atoms with Gasteiger partial charge in [0.15, 0.2) is 11.5 Å². The van der Waals surface area contributed by atoms with Gasteiger partial charge in [0.1, 0.15) is 11.5 Å². The number of likely N-dealkylation sites (tertiary alicyclic amines) is 1. The molecular weight excluding hydrogens is 520 g/mol. The standard InChI is InChI=1S/C33H46N2O6/c1-6-10-11-21-41-27-17-16-24(23-28(27)39-5)30-29(31(36)25-14-12-15-26(22-25)40-20-7-2)32(37)33(38)35(30)19-13-18-34(8-3)9-4/h12,14-17,22-23,30,36H,6-11,13,18-21H2,1-5H3. The summed E-state index contributed by atoms with van der Waals surface area (Å²) in [5.41, 5.74) is 1.15. The number of nitrogens with zero attached hydrogens (tertiary/aromatic N) is 2. The highest BCUT2D eigenvalue weighted by atomic mass is 16.5. The number of unbranched alkanes of at least 4 members (excludes halogenated alkanes) is 2. The van der Waals surface area contributed by atoms with E-state index in [1.165, 1.54) is 0 Å². The van der Waals surface area contributed by atoms with E-state index in [1.54, 1.807) is 42.3 Å². The van der Waals surface area contributed by atoms with Crippen LogP contribution < -0.4 is 14.2 Å². The quantitative estimate of drug-likeness (QED) is 0.105. The summed E-state index contributed by atoms with van der Waals surface area (Å²) in [6, 6.07) is 11.7. The predicted molar refractivity (Wildman–Crippen MR) is 162 cm³/mol. The van der Waals surface area contributed by atoms with Gasteiger partial charge < -0.3 is 29.1 Å². The molecule has 1 heterocycles. The van der Waals surface area contributed by atoms with Crippen LogP contribution in [0.4, 0.5) is 0 Å². The Hall–Kier alpha value is -3.52. The van der Waals surface area contributed by atoms with Crippen LogP contribution in [0.1, 0.15) is 77.0 Å². The lowest BCUT2D eigenvalue weighted by atomic mass is 9.95. The molecule has 2 aromatic rings. The van der Waals surface area contributed by atoms with Crippen LogP contribution in [0.2, 0.25) is 0 Å². The molecule has 224 valence electrons. The molecule has 8 heteroatoms. The molecule has 0 aliphatic carbocycles. The number of amides is 1. The molecule has 1 aliphatic rings. The van der Waals surface area contributed by atoms with Gasteiger partial charge in [-0.15, -0.1) is 0 Å². The van der Waals surface area contributed by atoms with Crippen molar-refractivity contribution in [3.05, 3.63) is 59.2 Å². The van der Waals surface area contributed by atoms with Gasteiger partial charge in [-0.1, -0.05) is 58.7 Å². The van der Waals surface area contributed by atoms with E-state index in [9.17, 15) is 14.7 Å². The summed E-state index contributed by atoms with van der Waals surface area (Å²) in [7, 11) is 1.57. The zero-order chi connectivity index (χ0) is 29.8. The summed E-state index contributed by atoms with van der Waals surface area (Å²) in [5, 5.41) is 11.5. The average Bonchev–Trinajstić information content (AvgIpc) is 3.25. The fourth-order valence-electron chi connectivity index (χ4n) is 5.08. The maximum absolute atomic E-state index is 13.5. The molecule has 41 heavy (non-hydrogen) atoms. The van der Waals surface area contributed by atoms with E-state index in [0.29, 0.717) is 54.6 Å². The molecule has 0 aromatic heterocycles. The SMILES string of the molecule is CCCCCOc1ccc(C2C(=C(O)c3cccc(OCCC)c3)C(=O)C(=O)N2CCCN(CC)CC)cc1OC. The van der Waals surface area contributed by atoms with Crippen LogP contribution in [-0.2, 0) is 9.59 Å². The van der Waals surface area contributed by atoms with Crippen molar-refractivity contribution in [3.8, 4) is 17.2 Å². The topological polar surface area (TPSA) is 88.5 Å². The zero-order valence-corrected chi connectivity index (χ0v) is 25.3. The summed E-state index contributed by atoms with van der Waals surface area (Å²) >= 11 is 0. The Kier molecular flexibility index (Phi) is 12.5. The Morgan fingerprint density at radius 2 is 1.68 bits per heavy atom. The number of benzene rings is 2. The molecule has 2 aromatic carbocycles. The third-order valence-corrected chi connectivity index (χ3v) is 7.40. The van der Waals surface area contributed by atoms with Gasteiger partial charge in [0.25, 0.3) is 11.7 Å². The van der Waals surface area contributed by atoms with E-state index in [1.807, 2.05) is 19.1 Å². The number of carbonyl (C=O) groups is 2. The summed E-state index contributed by atoms with van der Waals surface area (Å²) in [5.74, 6) is 0.171. The Morgan fingerprint density at radius 1 is 0.902 bits per heavy atom. The number of hydrogen-bond acceptors (Lipinski definition) is 7. The first-order valence-corrected chi connectivity index (χ1v) is 14.9. The van der Waals surface area contributed by atoms with Gasteiger partial charge in [-0.25, -0.2) is 0 Å². The number of ketones is 1. The minimum absolute atomic E-state index is 0.0594. The van der Waals surface area contributed by atoms with Crippen molar-refractivity contribution in [1.82, 2.24) is 9.80 Å². The molecule has 1 amide bonds. The zero-order valence-electron chi connectivity index (χ0n) is 25.3. The minimum atomic E-state index is -0.769.